The van der Waals surface area contributed by atoms with E-state index in [1.807, 2.05) is 0 Å². The van der Waals surface area contributed by atoms with Crippen molar-refractivity contribution in [1.82, 2.24) is 0 Å². The Morgan fingerprint density at radius 1 is 1.19 bits per heavy atom. The molecule has 0 heterocycles. The zero-order chi connectivity index (χ0) is 15.9. The van der Waals surface area contributed by atoms with Gasteiger partial charge in [-0.1, -0.05) is 12.1 Å². The Morgan fingerprint density at radius 2 is 1.71 bits per heavy atom. The number of benzene rings is 1. The fraction of sp³-hybridized carbons (Fsp3) is 0.357. The second-order valence-electron chi connectivity index (χ2n) is 3.94. The van der Waals surface area contributed by atoms with Crippen LogP contribution in [0.1, 0.15) is 19.4 Å². The smallest absolute Gasteiger partial charge is 0.368 e. The van der Waals surface area contributed by atoms with Crippen molar-refractivity contribution in [3.05, 3.63) is 35.1 Å². The maximum absolute atomic E-state index is 12.6. The first-order valence-corrected chi connectivity index (χ1v) is 7.99. The molecular formula is C14H19O6P. The summed E-state index contributed by atoms with van der Waals surface area (Å²) in [7, 11) is -2.31. The topological polar surface area (TPSA) is 82.1 Å². The van der Waals surface area contributed by atoms with E-state index in [0.717, 1.165) is 0 Å². The maximum atomic E-state index is 12.6. The third-order valence-electron chi connectivity index (χ3n) is 2.53. The molecular weight excluding hydrogens is 295 g/mol. The Bertz CT molecular complexity index is 539. The van der Waals surface area contributed by atoms with Gasteiger partial charge in [-0.3, -0.25) is 4.57 Å². The van der Waals surface area contributed by atoms with E-state index in [1.165, 1.54) is 13.2 Å². The molecule has 0 aliphatic rings. The van der Waals surface area contributed by atoms with Crippen LogP contribution in [0, 0.1) is 0 Å². The second kappa shape index (κ2) is 7.98. The number of carboxylic acid groups (broad SMARTS) is 1. The Balaban J connectivity index is 3.22. The van der Waals surface area contributed by atoms with Gasteiger partial charge >= 0.3 is 13.6 Å². The molecule has 1 aromatic carbocycles. The minimum atomic E-state index is -3.84. The molecule has 0 atom stereocenters. The molecule has 0 saturated heterocycles. The van der Waals surface area contributed by atoms with Gasteiger partial charge in [-0.05, 0) is 37.6 Å². The molecule has 0 bridgehead atoms. The lowest BCUT2D eigenvalue weighted by Crippen LogP contribution is -2.07. The Morgan fingerprint density at radius 3 is 2.10 bits per heavy atom. The van der Waals surface area contributed by atoms with E-state index in [4.69, 9.17) is 13.8 Å². The summed E-state index contributed by atoms with van der Waals surface area (Å²) in [5, 5.41) is 8.91. The van der Waals surface area contributed by atoms with Crippen molar-refractivity contribution < 1.29 is 28.3 Å². The molecule has 0 aromatic heterocycles. The van der Waals surface area contributed by atoms with Crippen LogP contribution in [-0.4, -0.2) is 31.4 Å². The minimum Gasteiger partial charge on any atom is -0.497 e. The van der Waals surface area contributed by atoms with Crippen molar-refractivity contribution in [3.8, 4) is 5.75 Å². The first-order valence-electron chi connectivity index (χ1n) is 6.45. The first-order chi connectivity index (χ1) is 9.96. The van der Waals surface area contributed by atoms with E-state index >= 15 is 0 Å². The van der Waals surface area contributed by atoms with Gasteiger partial charge in [0.15, 0.2) is 0 Å². The molecule has 1 rings (SSSR count). The third-order valence-corrected chi connectivity index (χ3v) is 4.64. The highest BCUT2D eigenvalue weighted by molar-refractivity contribution is 7.60. The number of carbonyl (C=O) groups is 1. The lowest BCUT2D eigenvalue weighted by atomic mass is 10.2. The van der Waals surface area contributed by atoms with E-state index < -0.39 is 18.9 Å². The molecule has 0 fully saturated rings. The number of carboxylic acids is 1. The lowest BCUT2D eigenvalue weighted by molar-refractivity contribution is -0.132. The molecule has 0 unspecified atom stereocenters. The van der Waals surface area contributed by atoms with Gasteiger partial charge in [0.1, 0.15) is 11.1 Å². The van der Waals surface area contributed by atoms with E-state index in [0.29, 0.717) is 11.3 Å². The molecule has 0 spiro atoms. The average molecular weight is 314 g/mol. The van der Waals surface area contributed by atoms with Crippen LogP contribution < -0.4 is 4.74 Å². The normalized spacial score (nSPS) is 12.2. The fourth-order valence-corrected chi connectivity index (χ4v) is 3.21. The molecule has 21 heavy (non-hydrogen) atoms. The van der Waals surface area contributed by atoms with E-state index in [2.05, 4.69) is 0 Å². The summed E-state index contributed by atoms with van der Waals surface area (Å²) >= 11 is 0. The predicted octanol–water partition coefficient (Wildman–Crippen LogP) is 3.39. The molecule has 7 heteroatoms. The molecule has 1 N–H and O–H groups in total. The van der Waals surface area contributed by atoms with Gasteiger partial charge in [0.25, 0.3) is 0 Å². The number of methoxy groups -OCH3 is 1. The summed E-state index contributed by atoms with van der Waals surface area (Å²) in [4.78, 5) is 11.4. The van der Waals surface area contributed by atoms with Crippen LogP contribution in [0.5, 0.6) is 5.75 Å². The molecule has 0 aliphatic heterocycles. The molecule has 6 nitrogen and oxygen atoms in total. The van der Waals surface area contributed by atoms with E-state index in [-0.39, 0.29) is 13.2 Å². The standard InChI is InChI=1S/C14H19O6P/c1-4-19-21(17,20-5-2)13(14(15)16)10-11-6-8-12(18-3)9-7-11/h6-10H,4-5H2,1-3H3,(H,15,16)/b13-10+. The number of ether oxygens (including phenoxy) is 1. The molecule has 0 radical (unpaired) electrons. The Kier molecular flexibility index (Phi) is 6.62. The number of hydrogen-bond donors (Lipinski definition) is 1. The molecule has 0 amide bonds. The second-order valence-corrected chi connectivity index (χ2v) is 5.93. The van der Waals surface area contributed by atoms with Crippen LogP contribution in [0.3, 0.4) is 0 Å². The largest absolute Gasteiger partial charge is 0.497 e. The van der Waals surface area contributed by atoms with Crippen molar-refractivity contribution in [2.45, 2.75) is 13.8 Å². The van der Waals surface area contributed by atoms with Gasteiger partial charge in [-0.2, -0.15) is 0 Å². The van der Waals surface area contributed by atoms with Gasteiger partial charge in [0.05, 0.1) is 20.3 Å². The molecule has 0 aliphatic carbocycles. The average Bonchev–Trinajstić information content (AvgIpc) is 2.45. The highest BCUT2D eigenvalue weighted by atomic mass is 31.2. The predicted molar refractivity (Wildman–Crippen MR) is 79.5 cm³/mol. The maximum Gasteiger partial charge on any atom is 0.368 e. The number of aliphatic carboxylic acids is 1. The monoisotopic (exact) mass is 314 g/mol. The summed E-state index contributed by atoms with van der Waals surface area (Å²) in [5.41, 5.74) is 0.563. The SMILES string of the molecule is CCOP(=O)(OCC)/C(=C/c1ccc(OC)cc1)C(=O)O. The lowest BCUT2D eigenvalue weighted by Gasteiger charge is -2.17. The van der Waals surface area contributed by atoms with Gasteiger partial charge in [0, 0.05) is 0 Å². The van der Waals surface area contributed by atoms with Crippen LogP contribution in [0.25, 0.3) is 6.08 Å². The van der Waals surface area contributed by atoms with Gasteiger partial charge in [-0.15, -0.1) is 0 Å². The van der Waals surface area contributed by atoms with Crippen LogP contribution in [0.2, 0.25) is 0 Å². The molecule has 1 aromatic rings. The minimum absolute atomic E-state index is 0.0878. The van der Waals surface area contributed by atoms with Crippen LogP contribution in [0.4, 0.5) is 0 Å². The first kappa shape index (κ1) is 17.4. The molecule has 0 saturated carbocycles. The summed E-state index contributed by atoms with van der Waals surface area (Å²) < 4.78 is 27.7. The Hall–Kier alpha value is -1.62. The zero-order valence-electron chi connectivity index (χ0n) is 12.2. The summed E-state index contributed by atoms with van der Waals surface area (Å²) in [6.45, 7) is 3.42. The van der Waals surface area contributed by atoms with Crippen molar-refractivity contribution >= 4 is 19.6 Å². The quantitative estimate of drug-likeness (QED) is 0.585. The van der Waals surface area contributed by atoms with Gasteiger partial charge in [-0.25, -0.2) is 4.79 Å². The van der Waals surface area contributed by atoms with Crippen molar-refractivity contribution in [2.24, 2.45) is 0 Å². The van der Waals surface area contributed by atoms with Crippen LogP contribution in [-0.2, 0) is 18.4 Å². The Labute approximate surface area is 123 Å². The van der Waals surface area contributed by atoms with Crippen molar-refractivity contribution in [3.63, 3.8) is 0 Å². The highest BCUT2D eigenvalue weighted by Crippen LogP contribution is 2.56. The third kappa shape index (κ3) is 4.70. The number of rotatable bonds is 8. The number of hydrogen-bond acceptors (Lipinski definition) is 5. The summed E-state index contributed by atoms with van der Waals surface area (Å²) in [6, 6.07) is 6.67. The zero-order valence-corrected chi connectivity index (χ0v) is 13.1. The van der Waals surface area contributed by atoms with Crippen molar-refractivity contribution in [2.75, 3.05) is 20.3 Å². The van der Waals surface area contributed by atoms with Gasteiger partial charge in [0.2, 0.25) is 0 Å². The van der Waals surface area contributed by atoms with E-state index in [1.54, 1.807) is 38.1 Å². The van der Waals surface area contributed by atoms with Crippen molar-refractivity contribution in [1.29, 1.82) is 0 Å². The summed E-state index contributed by atoms with van der Waals surface area (Å²) in [5.74, 6) is -0.696. The molecule has 116 valence electrons. The van der Waals surface area contributed by atoms with E-state index in [9.17, 15) is 14.5 Å². The van der Waals surface area contributed by atoms with Crippen LogP contribution >= 0.6 is 7.60 Å². The van der Waals surface area contributed by atoms with Crippen LogP contribution in [0.15, 0.2) is 29.6 Å². The summed E-state index contributed by atoms with van der Waals surface area (Å²) in [6.07, 6.45) is 1.29. The van der Waals surface area contributed by atoms with Gasteiger partial charge < -0.3 is 18.9 Å². The highest BCUT2D eigenvalue weighted by Gasteiger charge is 2.34. The fourth-order valence-electron chi connectivity index (χ4n) is 1.63.